The van der Waals surface area contributed by atoms with Crippen molar-refractivity contribution in [3.63, 3.8) is 0 Å². The Bertz CT molecular complexity index is 441. The van der Waals surface area contributed by atoms with E-state index in [1.807, 2.05) is 0 Å². The summed E-state index contributed by atoms with van der Waals surface area (Å²) < 4.78 is 6.29. The topological polar surface area (TPSA) is 56.2 Å². The van der Waals surface area contributed by atoms with E-state index in [9.17, 15) is 10.2 Å². The molecule has 2 rings (SSSR count). The smallest absolute Gasteiger partial charge is 0.191 e. The first-order valence-corrected chi connectivity index (χ1v) is 13.9. The van der Waals surface area contributed by atoms with Crippen LogP contribution in [-0.4, -0.2) is 86.9 Å². The van der Waals surface area contributed by atoms with Gasteiger partial charge in [-0.15, -0.1) is 0 Å². The second-order valence-electron chi connectivity index (χ2n) is 10.4. The van der Waals surface area contributed by atoms with Crippen molar-refractivity contribution >= 4 is 8.32 Å². The second kappa shape index (κ2) is 9.68. The van der Waals surface area contributed by atoms with Crippen LogP contribution in [0.1, 0.15) is 52.9 Å². The van der Waals surface area contributed by atoms with Crippen LogP contribution in [-0.2, 0) is 4.43 Å². The van der Waals surface area contributed by atoms with Crippen LogP contribution >= 0.6 is 0 Å². The average molecular weight is 401 g/mol. The number of aliphatic hydroxyl groups excluding tert-OH is 2. The zero-order chi connectivity index (χ0) is 20.1. The number of likely N-dealkylation sites (tertiary alicyclic amines) is 2. The third-order valence-corrected chi connectivity index (χ3v) is 12.0. The molecule has 6 heteroatoms. The fraction of sp³-hybridized carbons (Fsp3) is 1.00. The third kappa shape index (κ3) is 6.25. The van der Waals surface area contributed by atoms with Gasteiger partial charge in [0.15, 0.2) is 8.32 Å². The quantitative estimate of drug-likeness (QED) is 0.460. The van der Waals surface area contributed by atoms with Crippen molar-refractivity contribution in [3.8, 4) is 0 Å². The minimum atomic E-state index is -1.59. The molecule has 0 radical (unpaired) electrons. The highest BCUT2D eigenvalue weighted by atomic mass is 28.4. The maximum Gasteiger partial charge on any atom is 0.191 e. The lowest BCUT2D eigenvalue weighted by Crippen LogP contribution is -2.44. The molecule has 0 aromatic carbocycles. The van der Waals surface area contributed by atoms with Crippen LogP contribution < -0.4 is 0 Å². The Morgan fingerprint density at radius 1 is 1.00 bits per heavy atom. The molecule has 2 fully saturated rings. The summed E-state index contributed by atoms with van der Waals surface area (Å²) in [6, 6.07) is -0.0664. The largest absolute Gasteiger partial charge is 0.417 e. The Morgan fingerprint density at radius 3 is 2.15 bits per heavy atom. The summed E-state index contributed by atoms with van der Waals surface area (Å²) in [6.45, 7) is 18.3. The maximum absolute atomic E-state index is 9.43. The average Bonchev–Trinajstić information content (AvgIpc) is 3.00. The van der Waals surface area contributed by atoms with E-state index in [1.165, 1.54) is 45.3 Å². The van der Waals surface area contributed by atoms with Crippen LogP contribution in [0, 0.1) is 5.41 Å². The number of aliphatic hydroxyl groups is 2. The first-order chi connectivity index (χ1) is 12.6. The molecular weight excluding hydrogens is 356 g/mol. The van der Waals surface area contributed by atoms with Gasteiger partial charge in [0, 0.05) is 13.2 Å². The molecule has 160 valence electrons. The summed E-state index contributed by atoms with van der Waals surface area (Å²) >= 11 is 0. The van der Waals surface area contributed by atoms with Crippen molar-refractivity contribution < 1.29 is 14.6 Å². The number of hydrogen-bond donors (Lipinski definition) is 2. The van der Waals surface area contributed by atoms with Crippen molar-refractivity contribution in [3.05, 3.63) is 0 Å². The van der Waals surface area contributed by atoms with Gasteiger partial charge in [0.2, 0.25) is 0 Å². The van der Waals surface area contributed by atoms with Gasteiger partial charge in [0.25, 0.3) is 0 Å². The fourth-order valence-electron chi connectivity index (χ4n) is 4.21. The van der Waals surface area contributed by atoms with Gasteiger partial charge >= 0.3 is 0 Å². The summed E-state index contributed by atoms with van der Waals surface area (Å²) in [4.78, 5) is 4.92. The van der Waals surface area contributed by atoms with Gasteiger partial charge in [-0.3, -0.25) is 4.90 Å². The Balaban J connectivity index is 1.63. The van der Waals surface area contributed by atoms with Crippen LogP contribution in [0.25, 0.3) is 0 Å². The lowest BCUT2D eigenvalue weighted by Gasteiger charge is -2.40. The van der Waals surface area contributed by atoms with E-state index in [4.69, 9.17) is 4.43 Å². The molecule has 27 heavy (non-hydrogen) atoms. The molecule has 5 nitrogen and oxygen atoms in total. The van der Waals surface area contributed by atoms with Crippen molar-refractivity contribution in [1.82, 2.24) is 9.80 Å². The van der Waals surface area contributed by atoms with Gasteiger partial charge in [0.1, 0.15) is 0 Å². The highest BCUT2D eigenvalue weighted by Gasteiger charge is 2.42. The van der Waals surface area contributed by atoms with Crippen LogP contribution in [0.3, 0.4) is 0 Å². The number of rotatable bonds is 9. The molecule has 0 saturated carbocycles. The summed E-state index contributed by atoms with van der Waals surface area (Å²) in [7, 11) is -1.59. The van der Waals surface area contributed by atoms with E-state index in [1.54, 1.807) is 0 Å². The fourth-order valence-corrected chi connectivity index (χ4v) is 5.30. The molecule has 0 unspecified atom stereocenters. The molecule has 2 N–H and O–H groups in total. The van der Waals surface area contributed by atoms with E-state index in [0.717, 1.165) is 26.1 Å². The number of nitrogens with zero attached hydrogens (tertiary/aromatic N) is 2. The van der Waals surface area contributed by atoms with Crippen molar-refractivity contribution in [1.29, 1.82) is 0 Å². The van der Waals surface area contributed by atoms with Gasteiger partial charge in [-0.25, -0.2) is 0 Å². The molecule has 0 amide bonds. The highest BCUT2D eigenvalue weighted by Crippen LogP contribution is 2.41. The van der Waals surface area contributed by atoms with E-state index in [-0.39, 0.29) is 19.3 Å². The molecule has 0 aromatic heterocycles. The molecule has 2 saturated heterocycles. The van der Waals surface area contributed by atoms with Crippen molar-refractivity contribution in [2.75, 3.05) is 52.5 Å². The minimum absolute atomic E-state index is 0.0651. The van der Waals surface area contributed by atoms with E-state index in [0.29, 0.717) is 10.5 Å². The molecular formula is C21H44N2O3Si. The van der Waals surface area contributed by atoms with E-state index < -0.39 is 8.32 Å². The van der Waals surface area contributed by atoms with Crippen LogP contribution in [0.15, 0.2) is 0 Å². The molecule has 0 atom stereocenters. The Morgan fingerprint density at radius 2 is 1.59 bits per heavy atom. The number of hydrogen-bond acceptors (Lipinski definition) is 5. The van der Waals surface area contributed by atoms with Gasteiger partial charge in [-0.1, -0.05) is 20.8 Å². The maximum atomic E-state index is 9.43. The normalized spacial score (nSPS) is 22.2. The first-order valence-electron chi connectivity index (χ1n) is 10.9. The number of piperidine rings is 1. The van der Waals surface area contributed by atoms with Gasteiger partial charge in [-0.05, 0) is 81.8 Å². The highest BCUT2D eigenvalue weighted by molar-refractivity contribution is 6.74. The first kappa shape index (κ1) is 23.3. The predicted molar refractivity (Wildman–Crippen MR) is 115 cm³/mol. The second-order valence-corrected chi connectivity index (χ2v) is 15.2. The Kier molecular flexibility index (Phi) is 8.35. The zero-order valence-corrected chi connectivity index (χ0v) is 19.5. The minimum Gasteiger partial charge on any atom is -0.417 e. The zero-order valence-electron chi connectivity index (χ0n) is 18.5. The van der Waals surface area contributed by atoms with Crippen molar-refractivity contribution in [2.24, 2.45) is 5.41 Å². The van der Waals surface area contributed by atoms with E-state index >= 15 is 0 Å². The molecule has 2 aliphatic rings. The molecule has 1 spiro atoms. The lowest BCUT2D eigenvalue weighted by molar-refractivity contribution is 0.0634. The molecule has 0 aromatic rings. The van der Waals surface area contributed by atoms with Gasteiger partial charge < -0.3 is 19.5 Å². The third-order valence-electron chi connectivity index (χ3n) is 7.46. The molecule has 2 heterocycles. The lowest BCUT2D eigenvalue weighted by atomic mass is 9.77. The Labute approximate surface area is 168 Å². The van der Waals surface area contributed by atoms with Crippen LogP contribution in [0.4, 0.5) is 0 Å². The van der Waals surface area contributed by atoms with Crippen molar-refractivity contribution in [2.45, 2.75) is 77.0 Å². The summed E-state index contributed by atoms with van der Waals surface area (Å²) in [6.07, 6.45) is 6.13. The van der Waals surface area contributed by atoms with Gasteiger partial charge in [-0.2, -0.15) is 0 Å². The SMILES string of the molecule is CC(C)(C)[Si](C)(C)OCCCCN1CCC2(CC1)CCN(C(CO)CO)C2. The molecule has 0 bridgehead atoms. The predicted octanol–water partition coefficient (Wildman–Crippen LogP) is 2.93. The Hall–Kier alpha value is 0.0169. The summed E-state index contributed by atoms with van der Waals surface area (Å²) in [5.41, 5.74) is 0.421. The van der Waals surface area contributed by atoms with Crippen LogP contribution in [0.5, 0.6) is 0 Å². The van der Waals surface area contributed by atoms with Crippen LogP contribution in [0.2, 0.25) is 18.1 Å². The summed E-state index contributed by atoms with van der Waals surface area (Å²) in [5.74, 6) is 0. The molecule has 2 aliphatic heterocycles. The number of unbranched alkanes of at least 4 members (excludes halogenated alkanes) is 1. The monoisotopic (exact) mass is 400 g/mol. The summed E-state index contributed by atoms with van der Waals surface area (Å²) in [5, 5.41) is 19.2. The van der Waals surface area contributed by atoms with Gasteiger partial charge in [0.05, 0.1) is 19.3 Å². The van der Waals surface area contributed by atoms with E-state index in [2.05, 4.69) is 43.7 Å². The molecule has 0 aliphatic carbocycles. The standard InChI is InChI=1S/C21H44N2O3Si/c1-20(2,3)27(4,5)26-15-7-6-11-22-12-8-21(9-13-22)10-14-23(18-21)19(16-24)17-25/h19,24-25H,6-18H2,1-5H3.